The molecule has 0 saturated carbocycles. The molecule has 0 spiro atoms. The average Bonchev–Trinajstić information content (AvgIpc) is 2.94. The van der Waals surface area contributed by atoms with Crippen molar-refractivity contribution >= 4 is 11.8 Å². The fourth-order valence-electron chi connectivity index (χ4n) is 1.55. The third kappa shape index (κ3) is 4.38. The van der Waals surface area contributed by atoms with Crippen molar-refractivity contribution in [3.63, 3.8) is 0 Å². The predicted molar refractivity (Wildman–Crippen MR) is 73.2 cm³/mol. The normalized spacial score (nSPS) is 11.6. The highest BCUT2D eigenvalue weighted by Crippen LogP contribution is 2.29. The summed E-state index contributed by atoms with van der Waals surface area (Å²) in [5.74, 6) is 0.215. The number of hydrogen-bond acceptors (Lipinski definition) is 5. The number of hydrogen-bond donors (Lipinski definition) is 0. The van der Waals surface area contributed by atoms with Crippen LogP contribution in [0.15, 0.2) is 28.8 Å². The molecule has 0 amide bonds. The van der Waals surface area contributed by atoms with E-state index in [1.165, 1.54) is 0 Å². The summed E-state index contributed by atoms with van der Waals surface area (Å²) in [4.78, 5) is 3.32. The largest absolute Gasteiger partial charge is 0.494 e. The highest BCUT2D eigenvalue weighted by Gasteiger charge is 2.38. The first-order valence-corrected chi connectivity index (χ1v) is 7.53. The SMILES string of the molecule is CSCCCOc1ccc(-c2noc(C(F)(F)F)n2)cc1. The van der Waals surface area contributed by atoms with Crippen molar-refractivity contribution in [2.75, 3.05) is 18.6 Å². The van der Waals surface area contributed by atoms with E-state index in [0.29, 0.717) is 17.9 Å². The highest BCUT2D eigenvalue weighted by molar-refractivity contribution is 7.98. The number of halogens is 3. The Morgan fingerprint density at radius 1 is 1.24 bits per heavy atom. The molecular weight excluding hydrogens is 305 g/mol. The molecule has 114 valence electrons. The molecule has 0 aliphatic carbocycles. The standard InChI is InChI=1S/C13H13F3N2O2S/c1-21-8-2-7-19-10-5-3-9(4-6-10)11-17-12(20-18-11)13(14,15)16/h3-6H,2,7-8H2,1H3. The topological polar surface area (TPSA) is 48.2 Å². The van der Waals surface area contributed by atoms with E-state index in [4.69, 9.17) is 4.74 Å². The van der Waals surface area contributed by atoms with E-state index >= 15 is 0 Å². The van der Waals surface area contributed by atoms with Crippen molar-refractivity contribution in [1.82, 2.24) is 10.1 Å². The minimum absolute atomic E-state index is 0.101. The Balaban J connectivity index is 2.00. The van der Waals surface area contributed by atoms with Gasteiger partial charge in [-0.25, -0.2) is 0 Å². The molecule has 0 aliphatic heterocycles. The molecule has 0 saturated heterocycles. The molecule has 1 aromatic carbocycles. The number of alkyl halides is 3. The van der Waals surface area contributed by atoms with Gasteiger partial charge in [-0.3, -0.25) is 0 Å². The van der Waals surface area contributed by atoms with E-state index in [1.807, 2.05) is 6.26 Å². The maximum Gasteiger partial charge on any atom is 0.471 e. The Hall–Kier alpha value is -1.70. The monoisotopic (exact) mass is 318 g/mol. The van der Waals surface area contributed by atoms with Crippen molar-refractivity contribution in [3.8, 4) is 17.1 Å². The molecule has 8 heteroatoms. The molecule has 0 unspecified atom stereocenters. The molecule has 4 nitrogen and oxygen atoms in total. The van der Waals surface area contributed by atoms with Crippen LogP contribution in [0, 0.1) is 0 Å². The van der Waals surface area contributed by atoms with Gasteiger partial charge in [0.1, 0.15) is 5.75 Å². The van der Waals surface area contributed by atoms with Gasteiger partial charge in [0.25, 0.3) is 0 Å². The molecule has 2 aromatic rings. The Bertz CT molecular complexity index is 570. The summed E-state index contributed by atoms with van der Waals surface area (Å²) >= 11 is 1.74. The lowest BCUT2D eigenvalue weighted by Gasteiger charge is -2.05. The highest BCUT2D eigenvalue weighted by atomic mass is 32.2. The number of aromatic nitrogens is 2. The number of rotatable bonds is 6. The van der Waals surface area contributed by atoms with E-state index in [0.717, 1.165) is 12.2 Å². The quantitative estimate of drug-likeness (QED) is 0.756. The lowest BCUT2D eigenvalue weighted by Crippen LogP contribution is -2.04. The van der Waals surface area contributed by atoms with Crippen LogP contribution in [0.2, 0.25) is 0 Å². The maximum atomic E-state index is 12.4. The molecule has 2 rings (SSSR count). The summed E-state index contributed by atoms with van der Waals surface area (Å²) < 4.78 is 46.8. The Labute approximate surface area is 123 Å². The molecule has 1 heterocycles. The van der Waals surface area contributed by atoms with Gasteiger partial charge in [-0.15, -0.1) is 0 Å². The summed E-state index contributed by atoms with van der Waals surface area (Å²) in [7, 11) is 0. The lowest BCUT2D eigenvalue weighted by atomic mass is 10.2. The second-order valence-corrected chi connectivity index (χ2v) is 5.13. The number of nitrogens with zero attached hydrogens (tertiary/aromatic N) is 2. The Morgan fingerprint density at radius 3 is 2.52 bits per heavy atom. The summed E-state index contributed by atoms with van der Waals surface area (Å²) in [5.41, 5.74) is 0.436. The first-order chi connectivity index (χ1) is 10.0. The van der Waals surface area contributed by atoms with Gasteiger partial charge < -0.3 is 9.26 Å². The van der Waals surface area contributed by atoms with Crippen molar-refractivity contribution in [3.05, 3.63) is 30.2 Å². The predicted octanol–water partition coefficient (Wildman–Crippen LogP) is 3.89. The van der Waals surface area contributed by atoms with Crippen molar-refractivity contribution < 1.29 is 22.4 Å². The maximum absolute atomic E-state index is 12.4. The van der Waals surface area contributed by atoms with Gasteiger partial charge in [0, 0.05) is 5.56 Å². The minimum atomic E-state index is -4.63. The number of ether oxygens (including phenoxy) is 1. The van der Waals surface area contributed by atoms with Gasteiger partial charge in [0.15, 0.2) is 0 Å². The summed E-state index contributed by atoms with van der Waals surface area (Å²) in [6, 6.07) is 6.51. The number of benzene rings is 1. The molecule has 0 radical (unpaired) electrons. The second-order valence-electron chi connectivity index (χ2n) is 4.14. The van der Waals surface area contributed by atoms with Crippen LogP contribution < -0.4 is 4.74 Å². The van der Waals surface area contributed by atoms with E-state index in [-0.39, 0.29) is 5.82 Å². The molecular formula is C13H13F3N2O2S. The smallest absolute Gasteiger partial charge is 0.471 e. The van der Waals surface area contributed by atoms with Crippen LogP contribution in [-0.4, -0.2) is 28.8 Å². The fraction of sp³-hybridized carbons (Fsp3) is 0.385. The second kappa shape index (κ2) is 6.84. The first-order valence-electron chi connectivity index (χ1n) is 6.14. The van der Waals surface area contributed by atoms with Crippen LogP contribution in [-0.2, 0) is 6.18 Å². The van der Waals surface area contributed by atoms with Crippen LogP contribution in [0.3, 0.4) is 0 Å². The molecule has 0 atom stereocenters. The van der Waals surface area contributed by atoms with Crippen LogP contribution in [0.4, 0.5) is 13.2 Å². The third-order valence-electron chi connectivity index (χ3n) is 2.54. The third-order valence-corrected chi connectivity index (χ3v) is 3.24. The van der Waals surface area contributed by atoms with E-state index in [1.54, 1.807) is 36.0 Å². The summed E-state index contributed by atoms with van der Waals surface area (Å²) in [6.45, 7) is 0.598. The minimum Gasteiger partial charge on any atom is -0.494 e. The van der Waals surface area contributed by atoms with Crippen molar-refractivity contribution in [2.24, 2.45) is 0 Å². The van der Waals surface area contributed by atoms with Crippen LogP contribution in [0.1, 0.15) is 12.3 Å². The molecule has 0 fully saturated rings. The summed E-state index contributed by atoms with van der Waals surface area (Å²) in [6.07, 6.45) is -1.68. The molecule has 0 N–H and O–H groups in total. The van der Waals surface area contributed by atoms with E-state index in [2.05, 4.69) is 14.7 Å². The first kappa shape index (κ1) is 15.7. The zero-order valence-corrected chi connectivity index (χ0v) is 12.0. The summed E-state index contributed by atoms with van der Waals surface area (Å²) in [5, 5.41) is 3.32. The molecule has 0 bridgehead atoms. The Morgan fingerprint density at radius 2 is 1.95 bits per heavy atom. The molecule has 21 heavy (non-hydrogen) atoms. The fourth-order valence-corrected chi connectivity index (χ4v) is 1.96. The van der Waals surface area contributed by atoms with Gasteiger partial charge in [-0.05, 0) is 42.7 Å². The van der Waals surface area contributed by atoms with Gasteiger partial charge in [-0.2, -0.15) is 29.9 Å². The van der Waals surface area contributed by atoms with Gasteiger partial charge in [0.2, 0.25) is 5.82 Å². The van der Waals surface area contributed by atoms with Crippen molar-refractivity contribution in [2.45, 2.75) is 12.6 Å². The van der Waals surface area contributed by atoms with E-state index < -0.39 is 12.1 Å². The van der Waals surface area contributed by atoms with Gasteiger partial charge >= 0.3 is 12.1 Å². The van der Waals surface area contributed by atoms with Crippen LogP contribution >= 0.6 is 11.8 Å². The van der Waals surface area contributed by atoms with Crippen molar-refractivity contribution in [1.29, 1.82) is 0 Å². The Kier molecular flexibility index (Phi) is 5.11. The number of thioether (sulfide) groups is 1. The van der Waals surface area contributed by atoms with Gasteiger partial charge in [0.05, 0.1) is 6.61 Å². The lowest BCUT2D eigenvalue weighted by molar-refractivity contribution is -0.159. The van der Waals surface area contributed by atoms with Crippen LogP contribution in [0.5, 0.6) is 5.75 Å². The zero-order valence-electron chi connectivity index (χ0n) is 11.2. The molecule has 0 aliphatic rings. The average molecular weight is 318 g/mol. The van der Waals surface area contributed by atoms with E-state index in [9.17, 15) is 13.2 Å². The van der Waals surface area contributed by atoms with Crippen LogP contribution in [0.25, 0.3) is 11.4 Å². The van der Waals surface area contributed by atoms with Gasteiger partial charge in [-0.1, -0.05) is 5.16 Å². The molecule has 1 aromatic heterocycles. The zero-order chi connectivity index (χ0) is 15.3.